The molecule has 0 bridgehead atoms. The second-order valence-corrected chi connectivity index (χ2v) is 8.34. The van der Waals surface area contributed by atoms with Gasteiger partial charge < -0.3 is 13.6 Å². The number of alkyl halides is 3. The molecule has 1 atom stereocenters. The molecule has 0 fully saturated rings. The summed E-state index contributed by atoms with van der Waals surface area (Å²) in [6, 6.07) is 3.68. The summed E-state index contributed by atoms with van der Waals surface area (Å²) in [6.45, 7) is 5.06. The van der Waals surface area contributed by atoms with E-state index >= 15 is 0 Å². The van der Waals surface area contributed by atoms with Crippen LogP contribution >= 0.6 is 0 Å². The van der Waals surface area contributed by atoms with Gasteiger partial charge in [-0.05, 0) is 45.0 Å². The molecule has 180 valence electrons. The van der Waals surface area contributed by atoms with Crippen LogP contribution in [0.4, 0.5) is 17.6 Å². The maximum absolute atomic E-state index is 14.3. The molecule has 4 aromatic heterocycles. The zero-order chi connectivity index (χ0) is 25.2. The zero-order valence-electron chi connectivity index (χ0n) is 18.7. The summed E-state index contributed by atoms with van der Waals surface area (Å²) >= 11 is 0. The number of aromatic nitrogens is 4. The van der Waals surface area contributed by atoms with Crippen molar-refractivity contribution in [2.75, 3.05) is 0 Å². The van der Waals surface area contributed by atoms with Gasteiger partial charge >= 0.3 is 6.18 Å². The lowest BCUT2D eigenvalue weighted by atomic mass is 10.0. The Balaban J connectivity index is 1.66. The molecule has 0 saturated carbocycles. The Hall–Kier alpha value is -4.15. The van der Waals surface area contributed by atoms with Crippen LogP contribution in [0.3, 0.4) is 0 Å². The van der Waals surface area contributed by atoms with Crippen LogP contribution in [0.5, 0.6) is 0 Å². The summed E-state index contributed by atoms with van der Waals surface area (Å²) < 4.78 is 63.0. The standard InChI is InChI=1S/C24H18F4N4O3/c1-12-8-30(11-29-12)19-4-5-20-23(34)32(13(2)9-31(20)22(19)33)14(3)16-10-35-21-7-17(24(26,27)28)18(25)6-15(16)21/h4-11,14H,1-3H3. The molecule has 1 aromatic carbocycles. The maximum atomic E-state index is 14.3. The van der Waals surface area contributed by atoms with Crippen molar-refractivity contribution < 1.29 is 22.0 Å². The predicted octanol–water partition coefficient (Wildman–Crippen LogP) is 4.78. The molecule has 0 aliphatic heterocycles. The minimum atomic E-state index is -4.87. The molecule has 0 N–H and O–H groups in total. The van der Waals surface area contributed by atoms with Crippen LogP contribution in [0.2, 0.25) is 0 Å². The van der Waals surface area contributed by atoms with Gasteiger partial charge in [0.25, 0.3) is 11.1 Å². The number of nitrogens with zero attached hydrogens (tertiary/aromatic N) is 4. The van der Waals surface area contributed by atoms with Crippen LogP contribution in [-0.4, -0.2) is 18.5 Å². The molecule has 0 amide bonds. The second-order valence-electron chi connectivity index (χ2n) is 8.34. The van der Waals surface area contributed by atoms with E-state index in [1.54, 1.807) is 31.5 Å². The number of imidazole rings is 1. The molecule has 0 saturated heterocycles. The lowest BCUT2D eigenvalue weighted by Gasteiger charge is -2.19. The third-order valence-corrected chi connectivity index (χ3v) is 6.06. The molecular formula is C24H18F4N4O3. The number of fused-ring (bicyclic) bond motifs is 2. The number of halogens is 4. The van der Waals surface area contributed by atoms with Crippen molar-refractivity contribution in [2.24, 2.45) is 0 Å². The van der Waals surface area contributed by atoms with Gasteiger partial charge in [0.15, 0.2) is 0 Å². The van der Waals surface area contributed by atoms with Gasteiger partial charge in [-0.15, -0.1) is 0 Å². The second kappa shape index (κ2) is 7.69. The monoisotopic (exact) mass is 486 g/mol. The number of hydrogen-bond donors (Lipinski definition) is 0. The van der Waals surface area contributed by atoms with Crippen LogP contribution in [0.25, 0.3) is 22.2 Å². The summed E-state index contributed by atoms with van der Waals surface area (Å²) in [5.74, 6) is -1.43. The first-order valence-electron chi connectivity index (χ1n) is 10.5. The number of hydrogen-bond acceptors (Lipinski definition) is 4. The van der Waals surface area contributed by atoms with E-state index in [2.05, 4.69) is 4.98 Å². The molecule has 0 spiro atoms. The number of furan rings is 1. The van der Waals surface area contributed by atoms with Crippen molar-refractivity contribution in [3.8, 4) is 5.69 Å². The highest BCUT2D eigenvalue weighted by atomic mass is 19.4. The molecule has 5 rings (SSSR count). The normalized spacial score (nSPS) is 13.1. The molecule has 0 aliphatic carbocycles. The molecule has 11 heteroatoms. The minimum Gasteiger partial charge on any atom is -0.464 e. The molecule has 0 aliphatic rings. The largest absolute Gasteiger partial charge is 0.464 e. The highest BCUT2D eigenvalue weighted by molar-refractivity contribution is 5.82. The van der Waals surface area contributed by atoms with E-state index in [0.717, 1.165) is 11.8 Å². The first-order valence-corrected chi connectivity index (χ1v) is 10.5. The minimum absolute atomic E-state index is 0.103. The van der Waals surface area contributed by atoms with Crippen molar-refractivity contribution in [1.29, 1.82) is 0 Å². The quantitative estimate of drug-likeness (QED) is 0.344. The van der Waals surface area contributed by atoms with Gasteiger partial charge in [-0.25, -0.2) is 9.37 Å². The Bertz CT molecular complexity index is 1740. The average molecular weight is 486 g/mol. The fourth-order valence-corrected chi connectivity index (χ4v) is 4.35. The highest BCUT2D eigenvalue weighted by Gasteiger charge is 2.35. The molecule has 1 unspecified atom stereocenters. The molecule has 5 aromatic rings. The topological polar surface area (TPSA) is 74.4 Å². The van der Waals surface area contributed by atoms with Gasteiger partial charge in [-0.3, -0.25) is 14.0 Å². The van der Waals surface area contributed by atoms with Crippen LogP contribution in [0, 0.1) is 19.7 Å². The van der Waals surface area contributed by atoms with E-state index in [0.29, 0.717) is 23.0 Å². The first kappa shape index (κ1) is 22.6. The fourth-order valence-electron chi connectivity index (χ4n) is 4.35. The Morgan fingerprint density at radius 2 is 1.80 bits per heavy atom. The first-order chi connectivity index (χ1) is 16.5. The van der Waals surface area contributed by atoms with Crippen molar-refractivity contribution in [2.45, 2.75) is 33.0 Å². The Kier molecular flexibility index (Phi) is 4.97. The lowest BCUT2D eigenvalue weighted by molar-refractivity contribution is -0.139. The van der Waals surface area contributed by atoms with E-state index in [-0.39, 0.29) is 16.5 Å². The van der Waals surface area contributed by atoms with E-state index in [9.17, 15) is 27.2 Å². The average Bonchev–Trinajstić information content (AvgIpc) is 3.39. The van der Waals surface area contributed by atoms with Crippen molar-refractivity contribution in [3.63, 3.8) is 0 Å². The van der Waals surface area contributed by atoms with Crippen molar-refractivity contribution >= 4 is 16.5 Å². The highest BCUT2D eigenvalue weighted by Crippen LogP contribution is 2.37. The molecule has 0 radical (unpaired) electrons. The van der Waals surface area contributed by atoms with Crippen LogP contribution < -0.4 is 11.1 Å². The van der Waals surface area contributed by atoms with Gasteiger partial charge in [-0.1, -0.05) is 0 Å². The number of aryl methyl sites for hydroxylation is 2. The SMILES string of the molecule is Cc1cn(-c2ccc3c(=O)n(C(C)c4coc5cc(C(F)(F)F)c(F)cc45)c(C)cn3c2=O)cn1. The van der Waals surface area contributed by atoms with Crippen molar-refractivity contribution in [3.05, 3.63) is 98.3 Å². The van der Waals surface area contributed by atoms with Crippen molar-refractivity contribution in [1.82, 2.24) is 18.5 Å². The third kappa shape index (κ3) is 3.54. The van der Waals surface area contributed by atoms with Crippen LogP contribution in [0.15, 0.2) is 63.3 Å². The third-order valence-electron chi connectivity index (χ3n) is 6.06. The van der Waals surface area contributed by atoms with Gasteiger partial charge in [0, 0.05) is 29.0 Å². The molecule has 7 nitrogen and oxygen atoms in total. The number of pyridine rings is 1. The summed E-state index contributed by atoms with van der Waals surface area (Å²) in [6.07, 6.45) is 1.04. The molecule has 35 heavy (non-hydrogen) atoms. The zero-order valence-corrected chi connectivity index (χ0v) is 18.7. The van der Waals surface area contributed by atoms with Gasteiger partial charge in [0.2, 0.25) is 0 Å². The van der Waals surface area contributed by atoms with Crippen LogP contribution in [-0.2, 0) is 6.18 Å². The van der Waals surface area contributed by atoms with E-state index in [4.69, 9.17) is 4.42 Å². The summed E-state index contributed by atoms with van der Waals surface area (Å²) in [5, 5.41) is 0.123. The van der Waals surface area contributed by atoms with Gasteiger partial charge in [0.1, 0.15) is 22.6 Å². The number of benzene rings is 1. The summed E-state index contributed by atoms with van der Waals surface area (Å²) in [5.41, 5.74) is -0.616. The van der Waals surface area contributed by atoms with E-state index in [1.807, 2.05) is 0 Å². The number of rotatable bonds is 3. The maximum Gasteiger partial charge on any atom is 0.419 e. The Labute approximate surface area is 194 Å². The summed E-state index contributed by atoms with van der Waals surface area (Å²) in [4.78, 5) is 30.6. The molecular weight excluding hydrogens is 468 g/mol. The van der Waals surface area contributed by atoms with Crippen LogP contribution in [0.1, 0.15) is 35.5 Å². The predicted molar refractivity (Wildman–Crippen MR) is 120 cm³/mol. The van der Waals surface area contributed by atoms with E-state index in [1.165, 1.54) is 39.9 Å². The Morgan fingerprint density at radius 1 is 1.06 bits per heavy atom. The lowest BCUT2D eigenvalue weighted by Crippen LogP contribution is -2.31. The Morgan fingerprint density at radius 3 is 2.46 bits per heavy atom. The van der Waals surface area contributed by atoms with E-state index < -0.39 is 34.7 Å². The van der Waals surface area contributed by atoms with Gasteiger partial charge in [0.05, 0.1) is 29.9 Å². The molecule has 4 heterocycles. The fraction of sp³-hybridized carbons (Fsp3) is 0.208. The smallest absolute Gasteiger partial charge is 0.419 e. The van der Waals surface area contributed by atoms with Gasteiger partial charge in [-0.2, -0.15) is 13.2 Å². The summed E-state index contributed by atoms with van der Waals surface area (Å²) in [7, 11) is 0.